The number of primary amides is 1. The SMILES string of the molecule is CC(=O)c1ccc(N2CC[NH+](CC(=O)Nc3ccc(C(N)=O)cc3)CC2)cc1. The molecule has 0 bridgehead atoms. The summed E-state index contributed by atoms with van der Waals surface area (Å²) in [5.74, 6) is -0.478. The van der Waals surface area contributed by atoms with Crippen LogP contribution in [-0.4, -0.2) is 50.3 Å². The van der Waals surface area contributed by atoms with Gasteiger partial charge in [-0.3, -0.25) is 14.4 Å². The van der Waals surface area contributed by atoms with Crippen molar-refractivity contribution < 1.29 is 19.3 Å². The number of anilines is 2. The van der Waals surface area contributed by atoms with Crippen molar-refractivity contribution in [2.45, 2.75) is 6.92 Å². The lowest BCUT2D eigenvalue weighted by Crippen LogP contribution is -3.15. The Morgan fingerprint density at radius 3 is 2.07 bits per heavy atom. The molecule has 7 heteroatoms. The molecular weight excluding hydrogens is 356 g/mol. The van der Waals surface area contributed by atoms with Crippen LogP contribution in [0.25, 0.3) is 0 Å². The molecule has 2 aromatic carbocycles. The van der Waals surface area contributed by atoms with Gasteiger partial charge in [0.1, 0.15) is 0 Å². The Morgan fingerprint density at radius 1 is 0.964 bits per heavy atom. The van der Waals surface area contributed by atoms with Gasteiger partial charge >= 0.3 is 0 Å². The monoisotopic (exact) mass is 381 g/mol. The van der Waals surface area contributed by atoms with E-state index < -0.39 is 5.91 Å². The maximum atomic E-state index is 12.3. The van der Waals surface area contributed by atoms with E-state index in [0.717, 1.165) is 31.9 Å². The Labute approximate surface area is 164 Å². The second kappa shape index (κ2) is 8.67. The third-order valence-corrected chi connectivity index (χ3v) is 4.97. The van der Waals surface area contributed by atoms with Crippen LogP contribution in [0.1, 0.15) is 27.6 Å². The van der Waals surface area contributed by atoms with E-state index in [1.807, 2.05) is 24.3 Å². The van der Waals surface area contributed by atoms with E-state index in [2.05, 4.69) is 10.2 Å². The summed E-state index contributed by atoms with van der Waals surface area (Å²) in [7, 11) is 0. The van der Waals surface area contributed by atoms with Crippen LogP contribution in [0.3, 0.4) is 0 Å². The van der Waals surface area contributed by atoms with E-state index in [-0.39, 0.29) is 11.7 Å². The fourth-order valence-electron chi connectivity index (χ4n) is 3.31. The van der Waals surface area contributed by atoms with Crippen molar-refractivity contribution in [3.8, 4) is 0 Å². The molecule has 0 aliphatic carbocycles. The molecule has 0 unspecified atom stereocenters. The molecule has 0 spiro atoms. The number of hydrogen-bond acceptors (Lipinski definition) is 4. The summed E-state index contributed by atoms with van der Waals surface area (Å²) in [6.07, 6.45) is 0. The highest BCUT2D eigenvalue weighted by atomic mass is 16.2. The number of hydrogen-bond donors (Lipinski definition) is 3. The van der Waals surface area contributed by atoms with Gasteiger partial charge in [0.15, 0.2) is 12.3 Å². The van der Waals surface area contributed by atoms with Gasteiger partial charge in [0, 0.05) is 22.5 Å². The predicted molar refractivity (Wildman–Crippen MR) is 108 cm³/mol. The van der Waals surface area contributed by atoms with Crippen molar-refractivity contribution in [3.63, 3.8) is 0 Å². The molecule has 1 saturated heterocycles. The van der Waals surface area contributed by atoms with Gasteiger partial charge in [0.25, 0.3) is 5.91 Å². The van der Waals surface area contributed by atoms with Gasteiger partial charge in [0.2, 0.25) is 5.91 Å². The highest BCUT2D eigenvalue weighted by molar-refractivity contribution is 5.95. The van der Waals surface area contributed by atoms with Crippen molar-refractivity contribution in [2.75, 3.05) is 42.9 Å². The number of carbonyl (C=O) groups is 3. The number of nitrogens with two attached hydrogens (primary N) is 1. The first-order chi connectivity index (χ1) is 13.4. The lowest BCUT2D eigenvalue weighted by molar-refractivity contribution is -0.892. The molecule has 2 aromatic rings. The largest absolute Gasteiger partial charge is 0.366 e. The van der Waals surface area contributed by atoms with Crippen LogP contribution in [-0.2, 0) is 4.79 Å². The molecule has 4 N–H and O–H groups in total. The Bertz CT molecular complexity index is 854. The number of carbonyl (C=O) groups excluding carboxylic acids is 3. The molecule has 0 aromatic heterocycles. The summed E-state index contributed by atoms with van der Waals surface area (Å²) in [6, 6.07) is 14.2. The minimum absolute atomic E-state index is 0.0545. The van der Waals surface area contributed by atoms with E-state index in [9.17, 15) is 14.4 Å². The Morgan fingerprint density at radius 2 is 1.54 bits per heavy atom. The maximum Gasteiger partial charge on any atom is 0.279 e. The second-order valence-corrected chi connectivity index (χ2v) is 7.01. The van der Waals surface area contributed by atoms with Crippen molar-refractivity contribution in [1.29, 1.82) is 0 Å². The predicted octanol–water partition coefficient (Wildman–Crippen LogP) is 0.332. The van der Waals surface area contributed by atoms with E-state index in [0.29, 0.717) is 23.4 Å². The molecule has 146 valence electrons. The van der Waals surface area contributed by atoms with Crippen LogP contribution < -0.4 is 20.9 Å². The number of piperazine rings is 1. The molecule has 7 nitrogen and oxygen atoms in total. The molecule has 28 heavy (non-hydrogen) atoms. The summed E-state index contributed by atoms with van der Waals surface area (Å²) in [6.45, 7) is 5.40. The molecule has 0 radical (unpaired) electrons. The zero-order valence-electron chi connectivity index (χ0n) is 15.9. The third kappa shape index (κ3) is 4.95. The molecule has 2 amide bonds. The molecule has 0 saturated carbocycles. The van der Waals surface area contributed by atoms with Gasteiger partial charge < -0.3 is 20.9 Å². The van der Waals surface area contributed by atoms with Gasteiger partial charge in [-0.15, -0.1) is 0 Å². The van der Waals surface area contributed by atoms with Crippen molar-refractivity contribution in [3.05, 3.63) is 59.7 Å². The molecule has 1 fully saturated rings. The van der Waals surface area contributed by atoms with Crippen molar-refractivity contribution in [2.24, 2.45) is 5.73 Å². The highest BCUT2D eigenvalue weighted by Gasteiger charge is 2.22. The number of rotatable bonds is 6. The van der Waals surface area contributed by atoms with Gasteiger partial charge in [-0.25, -0.2) is 0 Å². The van der Waals surface area contributed by atoms with Crippen molar-refractivity contribution >= 4 is 29.0 Å². The first-order valence-electron chi connectivity index (χ1n) is 9.31. The summed E-state index contributed by atoms with van der Waals surface area (Å²) in [4.78, 5) is 38.2. The lowest BCUT2D eigenvalue weighted by Gasteiger charge is -2.33. The minimum Gasteiger partial charge on any atom is -0.366 e. The standard InChI is InChI=1S/C21H24N4O3/c1-15(26)16-4-8-19(9-5-16)25-12-10-24(11-13-25)14-20(27)23-18-6-2-17(3-7-18)21(22)28/h2-9H,10-14H2,1H3,(H2,22,28)(H,23,27)/p+1. The lowest BCUT2D eigenvalue weighted by atomic mass is 10.1. The number of nitrogens with zero attached hydrogens (tertiary/aromatic N) is 1. The number of benzene rings is 2. The molecule has 3 rings (SSSR count). The number of amides is 2. The third-order valence-electron chi connectivity index (χ3n) is 4.97. The Hall–Kier alpha value is -3.19. The highest BCUT2D eigenvalue weighted by Crippen LogP contribution is 2.15. The van der Waals surface area contributed by atoms with Crippen LogP contribution in [0.4, 0.5) is 11.4 Å². The number of nitrogens with one attached hydrogen (secondary N) is 2. The minimum atomic E-state index is -0.490. The maximum absolute atomic E-state index is 12.3. The fraction of sp³-hybridized carbons (Fsp3) is 0.286. The van der Waals surface area contributed by atoms with Crippen LogP contribution in [0.2, 0.25) is 0 Å². The van der Waals surface area contributed by atoms with Crippen LogP contribution in [0.5, 0.6) is 0 Å². The van der Waals surface area contributed by atoms with E-state index in [1.54, 1.807) is 31.2 Å². The van der Waals surface area contributed by atoms with Crippen molar-refractivity contribution in [1.82, 2.24) is 0 Å². The average molecular weight is 381 g/mol. The molecule has 1 aliphatic heterocycles. The summed E-state index contributed by atoms with van der Waals surface area (Å²) < 4.78 is 0. The smallest absolute Gasteiger partial charge is 0.279 e. The Kier molecular flexibility index (Phi) is 6.06. The van der Waals surface area contributed by atoms with Crippen LogP contribution in [0, 0.1) is 0 Å². The zero-order valence-corrected chi connectivity index (χ0v) is 15.9. The first kappa shape index (κ1) is 19.6. The molecule has 1 aliphatic rings. The zero-order chi connectivity index (χ0) is 20.1. The first-order valence-corrected chi connectivity index (χ1v) is 9.31. The number of Topliss-reactive ketones (excluding diaryl/α,β-unsaturated/α-hetero) is 1. The topological polar surface area (TPSA) is 96.9 Å². The van der Waals surface area contributed by atoms with E-state index in [4.69, 9.17) is 5.73 Å². The van der Waals surface area contributed by atoms with E-state index >= 15 is 0 Å². The second-order valence-electron chi connectivity index (χ2n) is 7.01. The Balaban J connectivity index is 1.47. The van der Waals surface area contributed by atoms with Gasteiger partial charge in [-0.1, -0.05) is 0 Å². The molecular formula is C21H25N4O3+. The molecule has 0 atom stereocenters. The molecule has 1 heterocycles. The summed E-state index contributed by atoms with van der Waals surface area (Å²) >= 11 is 0. The van der Waals surface area contributed by atoms with Gasteiger partial charge in [-0.05, 0) is 55.5 Å². The van der Waals surface area contributed by atoms with E-state index in [1.165, 1.54) is 4.90 Å². The number of quaternary nitrogens is 1. The normalized spacial score (nSPS) is 14.5. The summed E-state index contributed by atoms with van der Waals surface area (Å²) in [5, 5.41) is 2.86. The number of ketones is 1. The van der Waals surface area contributed by atoms with Crippen LogP contribution >= 0.6 is 0 Å². The fourth-order valence-corrected chi connectivity index (χ4v) is 3.31. The average Bonchev–Trinajstić information content (AvgIpc) is 2.69. The van der Waals surface area contributed by atoms with Gasteiger partial charge in [-0.2, -0.15) is 0 Å². The van der Waals surface area contributed by atoms with Gasteiger partial charge in [0.05, 0.1) is 26.2 Å². The van der Waals surface area contributed by atoms with Crippen LogP contribution in [0.15, 0.2) is 48.5 Å². The summed E-state index contributed by atoms with van der Waals surface area (Å²) in [5.41, 5.74) is 8.09. The quantitative estimate of drug-likeness (QED) is 0.629.